The van der Waals surface area contributed by atoms with Gasteiger partial charge < -0.3 is 5.32 Å². The van der Waals surface area contributed by atoms with Gasteiger partial charge in [-0.3, -0.25) is 4.79 Å². The van der Waals surface area contributed by atoms with Gasteiger partial charge in [-0.05, 0) is 44.8 Å². The summed E-state index contributed by atoms with van der Waals surface area (Å²) in [6.07, 6.45) is 4.66. The van der Waals surface area contributed by atoms with Gasteiger partial charge in [0.1, 0.15) is 0 Å². The van der Waals surface area contributed by atoms with E-state index in [2.05, 4.69) is 60.8 Å². The Balaban J connectivity index is 1.73. The van der Waals surface area contributed by atoms with E-state index in [1.807, 2.05) is 6.07 Å². The Kier molecular flexibility index (Phi) is 4.27. The van der Waals surface area contributed by atoms with Crippen LogP contribution in [0.3, 0.4) is 0 Å². The highest BCUT2D eigenvalue weighted by molar-refractivity contribution is 6.26. The second-order valence-corrected chi connectivity index (χ2v) is 6.79. The topological polar surface area (TPSA) is 29.1 Å². The van der Waals surface area contributed by atoms with Crippen molar-refractivity contribution in [1.82, 2.24) is 5.32 Å². The summed E-state index contributed by atoms with van der Waals surface area (Å²) >= 11 is 0. The van der Waals surface area contributed by atoms with E-state index < -0.39 is 0 Å². The molecule has 2 nitrogen and oxygen atoms in total. The third-order valence-electron chi connectivity index (χ3n) is 5.09. The average molecular weight is 329 g/mol. The molecule has 0 aliphatic heterocycles. The molecule has 2 heteroatoms. The van der Waals surface area contributed by atoms with Crippen LogP contribution < -0.4 is 5.32 Å². The third-order valence-corrected chi connectivity index (χ3v) is 5.09. The molecular formula is C23H23NO. The molecule has 0 radical (unpaired) electrons. The standard InChI is InChI=1S/C23H23NO/c1-2-3-4-5-15-24-23(25)20-14-12-18-10-9-16-7-6-8-17-11-13-19(20)22(18)21(16)17/h6-14H,2-5,15H2,1H3,(H,24,25). The zero-order chi connectivity index (χ0) is 17.2. The summed E-state index contributed by atoms with van der Waals surface area (Å²) < 4.78 is 0. The fraction of sp³-hybridized carbons (Fsp3) is 0.261. The Morgan fingerprint density at radius 1 is 0.800 bits per heavy atom. The van der Waals surface area contributed by atoms with Crippen molar-refractivity contribution in [3.05, 3.63) is 60.2 Å². The number of carbonyl (C=O) groups excluding carboxylic acids is 1. The Bertz CT molecular complexity index is 1020. The summed E-state index contributed by atoms with van der Waals surface area (Å²) in [5, 5.41) is 10.3. The molecular weight excluding hydrogens is 306 g/mol. The lowest BCUT2D eigenvalue weighted by molar-refractivity contribution is 0.0954. The molecule has 4 rings (SSSR count). The van der Waals surface area contributed by atoms with Crippen molar-refractivity contribution in [3.8, 4) is 0 Å². The molecule has 0 fully saturated rings. The number of carbonyl (C=O) groups is 1. The number of unbranched alkanes of at least 4 members (excludes halogenated alkanes) is 3. The lowest BCUT2D eigenvalue weighted by Crippen LogP contribution is -2.24. The van der Waals surface area contributed by atoms with Gasteiger partial charge in [0.25, 0.3) is 5.91 Å². The second-order valence-electron chi connectivity index (χ2n) is 6.79. The first-order valence-electron chi connectivity index (χ1n) is 9.24. The first-order chi connectivity index (χ1) is 12.3. The van der Waals surface area contributed by atoms with Gasteiger partial charge in [-0.15, -0.1) is 0 Å². The van der Waals surface area contributed by atoms with E-state index >= 15 is 0 Å². The predicted molar refractivity (Wildman–Crippen MR) is 107 cm³/mol. The molecule has 4 aromatic carbocycles. The lowest BCUT2D eigenvalue weighted by atomic mass is 9.92. The van der Waals surface area contributed by atoms with E-state index in [0.717, 1.165) is 23.9 Å². The molecule has 0 heterocycles. The highest BCUT2D eigenvalue weighted by atomic mass is 16.1. The SMILES string of the molecule is CCCCCCNC(=O)c1ccc2ccc3cccc4ccc1c2c34. The van der Waals surface area contributed by atoms with Crippen molar-refractivity contribution in [2.45, 2.75) is 32.6 Å². The first kappa shape index (κ1) is 15.9. The molecule has 0 aromatic heterocycles. The van der Waals surface area contributed by atoms with E-state index in [0.29, 0.717) is 0 Å². The molecule has 0 saturated carbocycles. The first-order valence-corrected chi connectivity index (χ1v) is 9.24. The van der Waals surface area contributed by atoms with Gasteiger partial charge in [0, 0.05) is 12.1 Å². The molecule has 126 valence electrons. The van der Waals surface area contributed by atoms with Gasteiger partial charge in [0.2, 0.25) is 0 Å². The van der Waals surface area contributed by atoms with E-state index in [1.54, 1.807) is 0 Å². The minimum Gasteiger partial charge on any atom is -0.352 e. The third kappa shape index (κ3) is 2.82. The van der Waals surface area contributed by atoms with Crippen LogP contribution in [0.25, 0.3) is 32.3 Å². The van der Waals surface area contributed by atoms with Crippen LogP contribution in [0.1, 0.15) is 43.0 Å². The van der Waals surface area contributed by atoms with Crippen molar-refractivity contribution in [1.29, 1.82) is 0 Å². The second kappa shape index (κ2) is 6.72. The maximum Gasteiger partial charge on any atom is 0.251 e. The Hall–Kier alpha value is -2.61. The highest BCUT2D eigenvalue weighted by Crippen LogP contribution is 2.35. The van der Waals surface area contributed by atoms with Gasteiger partial charge in [-0.1, -0.05) is 74.7 Å². The van der Waals surface area contributed by atoms with Crippen LogP contribution in [0.5, 0.6) is 0 Å². The monoisotopic (exact) mass is 329 g/mol. The average Bonchev–Trinajstić information content (AvgIpc) is 2.65. The number of amides is 1. The Labute approximate surface area is 148 Å². The summed E-state index contributed by atoms with van der Waals surface area (Å²) in [6, 6.07) is 18.9. The van der Waals surface area contributed by atoms with E-state index in [1.165, 1.54) is 46.2 Å². The van der Waals surface area contributed by atoms with Crippen molar-refractivity contribution in [2.75, 3.05) is 6.54 Å². The fourth-order valence-corrected chi connectivity index (χ4v) is 3.78. The van der Waals surface area contributed by atoms with Gasteiger partial charge in [-0.2, -0.15) is 0 Å². The summed E-state index contributed by atoms with van der Waals surface area (Å²) in [5.74, 6) is 0.0365. The highest BCUT2D eigenvalue weighted by Gasteiger charge is 2.14. The van der Waals surface area contributed by atoms with Crippen LogP contribution in [-0.4, -0.2) is 12.5 Å². The van der Waals surface area contributed by atoms with E-state index in [9.17, 15) is 4.79 Å². The normalized spacial score (nSPS) is 11.6. The van der Waals surface area contributed by atoms with Crippen molar-refractivity contribution in [3.63, 3.8) is 0 Å². The zero-order valence-corrected chi connectivity index (χ0v) is 14.6. The lowest BCUT2D eigenvalue weighted by Gasteiger charge is -2.14. The van der Waals surface area contributed by atoms with Gasteiger partial charge in [0.05, 0.1) is 0 Å². The van der Waals surface area contributed by atoms with Crippen LogP contribution in [0, 0.1) is 0 Å². The predicted octanol–water partition coefficient (Wildman–Crippen LogP) is 5.89. The van der Waals surface area contributed by atoms with E-state index in [4.69, 9.17) is 0 Å². The molecule has 4 aromatic rings. The van der Waals surface area contributed by atoms with E-state index in [-0.39, 0.29) is 5.91 Å². The molecule has 0 aliphatic carbocycles. The maximum absolute atomic E-state index is 12.7. The molecule has 0 aliphatic rings. The largest absolute Gasteiger partial charge is 0.352 e. The van der Waals surface area contributed by atoms with Crippen molar-refractivity contribution < 1.29 is 4.79 Å². The number of benzene rings is 4. The maximum atomic E-state index is 12.7. The fourth-order valence-electron chi connectivity index (χ4n) is 3.78. The van der Waals surface area contributed by atoms with Crippen LogP contribution >= 0.6 is 0 Å². The number of hydrogen-bond acceptors (Lipinski definition) is 1. The van der Waals surface area contributed by atoms with Crippen LogP contribution in [0.4, 0.5) is 0 Å². The summed E-state index contributed by atoms with van der Waals surface area (Å²) in [4.78, 5) is 12.7. The Morgan fingerprint density at radius 3 is 2.24 bits per heavy atom. The molecule has 1 N–H and O–H groups in total. The van der Waals surface area contributed by atoms with Gasteiger partial charge in [-0.25, -0.2) is 0 Å². The molecule has 0 spiro atoms. The molecule has 0 saturated heterocycles. The van der Waals surface area contributed by atoms with Crippen LogP contribution in [0.2, 0.25) is 0 Å². The van der Waals surface area contributed by atoms with Gasteiger partial charge in [0.15, 0.2) is 0 Å². The van der Waals surface area contributed by atoms with Gasteiger partial charge >= 0.3 is 0 Å². The minimum absolute atomic E-state index is 0.0365. The molecule has 0 bridgehead atoms. The smallest absolute Gasteiger partial charge is 0.251 e. The summed E-state index contributed by atoms with van der Waals surface area (Å²) in [6.45, 7) is 2.95. The molecule has 1 amide bonds. The zero-order valence-electron chi connectivity index (χ0n) is 14.6. The molecule has 25 heavy (non-hydrogen) atoms. The molecule has 0 unspecified atom stereocenters. The summed E-state index contributed by atoms with van der Waals surface area (Å²) in [7, 11) is 0. The van der Waals surface area contributed by atoms with Crippen molar-refractivity contribution >= 4 is 38.2 Å². The van der Waals surface area contributed by atoms with Crippen molar-refractivity contribution in [2.24, 2.45) is 0 Å². The number of rotatable bonds is 6. The summed E-state index contributed by atoms with van der Waals surface area (Å²) in [5.41, 5.74) is 0.779. The molecule has 0 atom stereocenters. The quantitative estimate of drug-likeness (QED) is 0.346. The number of nitrogens with one attached hydrogen (secondary N) is 1. The Morgan fingerprint density at radius 2 is 1.48 bits per heavy atom. The van der Waals surface area contributed by atoms with Crippen LogP contribution in [-0.2, 0) is 0 Å². The number of hydrogen-bond donors (Lipinski definition) is 1. The van der Waals surface area contributed by atoms with Crippen LogP contribution in [0.15, 0.2) is 54.6 Å². The minimum atomic E-state index is 0.0365.